The Bertz CT molecular complexity index is 823. The smallest absolute Gasteiger partial charge is 0.253 e. The van der Waals surface area contributed by atoms with E-state index in [1.54, 1.807) is 41.0 Å². The Labute approximate surface area is 164 Å². The van der Waals surface area contributed by atoms with Crippen LogP contribution in [0.15, 0.2) is 54.6 Å². The van der Waals surface area contributed by atoms with Gasteiger partial charge >= 0.3 is 0 Å². The second-order valence-electron chi connectivity index (χ2n) is 7.02. The number of carbonyl (C=O) groups is 2. The maximum Gasteiger partial charge on any atom is 0.253 e. The summed E-state index contributed by atoms with van der Waals surface area (Å²) in [6.45, 7) is 3.86. The summed E-state index contributed by atoms with van der Waals surface area (Å²) in [5.74, 6) is -0.184. The monoisotopic (exact) mass is 385 g/mol. The average molecular weight is 386 g/mol. The molecule has 1 fully saturated rings. The Morgan fingerprint density at radius 1 is 0.963 bits per heavy atom. The number of hydrogen-bond donors (Lipinski definition) is 1. The van der Waals surface area contributed by atoms with Crippen LogP contribution >= 0.6 is 11.6 Å². The lowest BCUT2D eigenvalue weighted by atomic mass is 9.91. The standard InChI is InChI=1S/C21H24ClN3O2/c1-21(23,17-8-3-2-4-9-17)20(27)25-12-6-11-24(13-14-25)19(26)16-7-5-10-18(22)15-16/h2-5,7-10,15H,6,11-14,23H2,1H3. The summed E-state index contributed by atoms with van der Waals surface area (Å²) in [5.41, 5.74) is 6.64. The first-order valence-corrected chi connectivity index (χ1v) is 9.46. The second-order valence-corrected chi connectivity index (χ2v) is 7.45. The summed E-state index contributed by atoms with van der Waals surface area (Å²) < 4.78 is 0. The highest BCUT2D eigenvalue weighted by Gasteiger charge is 2.35. The normalized spacial score (nSPS) is 17.1. The molecule has 2 N–H and O–H groups in total. The van der Waals surface area contributed by atoms with Gasteiger partial charge < -0.3 is 15.5 Å². The molecule has 0 spiro atoms. The lowest BCUT2D eigenvalue weighted by Gasteiger charge is -2.31. The van der Waals surface area contributed by atoms with Crippen molar-refractivity contribution in [3.05, 3.63) is 70.7 Å². The topological polar surface area (TPSA) is 66.6 Å². The molecule has 1 saturated heterocycles. The zero-order valence-corrected chi connectivity index (χ0v) is 16.2. The third-order valence-corrected chi connectivity index (χ3v) is 5.19. The quantitative estimate of drug-likeness (QED) is 0.883. The SMILES string of the molecule is CC(N)(C(=O)N1CCCN(C(=O)c2cccc(Cl)c2)CC1)c1ccccc1. The molecule has 3 rings (SSSR count). The van der Waals surface area contributed by atoms with Gasteiger partial charge in [-0.15, -0.1) is 0 Å². The van der Waals surface area contributed by atoms with Gasteiger partial charge in [0.05, 0.1) is 0 Å². The lowest BCUT2D eigenvalue weighted by molar-refractivity contribution is -0.136. The number of carbonyl (C=O) groups excluding carboxylic acids is 2. The van der Waals surface area contributed by atoms with E-state index in [1.807, 2.05) is 30.3 Å². The summed E-state index contributed by atoms with van der Waals surface area (Å²) in [4.78, 5) is 29.3. The van der Waals surface area contributed by atoms with Gasteiger partial charge in [-0.2, -0.15) is 0 Å². The van der Waals surface area contributed by atoms with Gasteiger partial charge in [0.1, 0.15) is 5.54 Å². The highest BCUT2D eigenvalue weighted by Crippen LogP contribution is 2.22. The van der Waals surface area contributed by atoms with Gasteiger partial charge in [0.2, 0.25) is 5.91 Å². The fourth-order valence-corrected chi connectivity index (χ4v) is 3.55. The minimum Gasteiger partial charge on any atom is -0.339 e. The van der Waals surface area contributed by atoms with Gasteiger partial charge in [-0.05, 0) is 37.1 Å². The lowest BCUT2D eigenvalue weighted by Crippen LogP contribution is -2.51. The zero-order valence-electron chi connectivity index (χ0n) is 15.4. The summed E-state index contributed by atoms with van der Waals surface area (Å²) in [6.07, 6.45) is 0.711. The van der Waals surface area contributed by atoms with E-state index < -0.39 is 5.54 Å². The Kier molecular flexibility index (Phi) is 5.82. The maximum atomic E-state index is 13.0. The van der Waals surface area contributed by atoms with Crippen LogP contribution in [0.5, 0.6) is 0 Å². The van der Waals surface area contributed by atoms with Crippen LogP contribution in [0.4, 0.5) is 0 Å². The number of nitrogens with two attached hydrogens (primary N) is 1. The van der Waals surface area contributed by atoms with Crippen molar-refractivity contribution in [1.82, 2.24) is 9.80 Å². The molecule has 0 bridgehead atoms. The molecule has 2 aromatic rings. The molecule has 0 saturated carbocycles. The number of halogens is 1. The largest absolute Gasteiger partial charge is 0.339 e. The van der Waals surface area contributed by atoms with Crippen molar-refractivity contribution in [1.29, 1.82) is 0 Å². The van der Waals surface area contributed by atoms with Crippen molar-refractivity contribution in [2.24, 2.45) is 5.73 Å². The number of hydrogen-bond acceptors (Lipinski definition) is 3. The third-order valence-electron chi connectivity index (χ3n) is 4.96. The van der Waals surface area contributed by atoms with Crippen LogP contribution in [0, 0.1) is 0 Å². The van der Waals surface area contributed by atoms with E-state index in [4.69, 9.17) is 17.3 Å². The second kappa shape index (κ2) is 8.11. The van der Waals surface area contributed by atoms with Crippen LogP contribution in [0.25, 0.3) is 0 Å². The van der Waals surface area contributed by atoms with Gasteiger partial charge in [-0.1, -0.05) is 48.0 Å². The highest BCUT2D eigenvalue weighted by molar-refractivity contribution is 6.30. The molecule has 2 amide bonds. The molecule has 0 aliphatic carbocycles. The fourth-order valence-electron chi connectivity index (χ4n) is 3.36. The number of nitrogens with zero attached hydrogens (tertiary/aromatic N) is 2. The van der Waals surface area contributed by atoms with E-state index >= 15 is 0 Å². The van der Waals surface area contributed by atoms with E-state index in [9.17, 15) is 9.59 Å². The van der Waals surface area contributed by atoms with Crippen molar-refractivity contribution >= 4 is 23.4 Å². The van der Waals surface area contributed by atoms with E-state index in [-0.39, 0.29) is 11.8 Å². The molecule has 2 aromatic carbocycles. The van der Waals surface area contributed by atoms with E-state index in [0.29, 0.717) is 43.2 Å². The van der Waals surface area contributed by atoms with Crippen LogP contribution in [-0.4, -0.2) is 47.8 Å². The number of amides is 2. The Morgan fingerprint density at radius 2 is 1.63 bits per heavy atom. The van der Waals surface area contributed by atoms with E-state index in [2.05, 4.69) is 0 Å². The van der Waals surface area contributed by atoms with E-state index in [0.717, 1.165) is 5.56 Å². The Hall–Kier alpha value is -2.37. The molecule has 1 heterocycles. The van der Waals surface area contributed by atoms with Gasteiger partial charge in [-0.25, -0.2) is 0 Å². The molecule has 6 heteroatoms. The Morgan fingerprint density at radius 3 is 2.33 bits per heavy atom. The maximum absolute atomic E-state index is 13.0. The van der Waals surface area contributed by atoms with Crippen molar-refractivity contribution in [3.8, 4) is 0 Å². The molecule has 1 aliphatic heterocycles. The molecular formula is C21H24ClN3O2. The summed E-state index contributed by atoms with van der Waals surface area (Å²) in [5, 5.41) is 0.536. The summed E-state index contributed by atoms with van der Waals surface area (Å²) in [6, 6.07) is 16.3. The van der Waals surface area contributed by atoms with Crippen molar-refractivity contribution in [3.63, 3.8) is 0 Å². The van der Waals surface area contributed by atoms with Crippen LogP contribution in [0.1, 0.15) is 29.3 Å². The summed E-state index contributed by atoms with van der Waals surface area (Å²) >= 11 is 6.00. The molecule has 1 atom stereocenters. The van der Waals surface area contributed by atoms with Crippen molar-refractivity contribution in [2.75, 3.05) is 26.2 Å². The molecule has 1 aliphatic rings. The van der Waals surface area contributed by atoms with Gasteiger partial charge in [0.15, 0.2) is 0 Å². The van der Waals surface area contributed by atoms with E-state index in [1.165, 1.54) is 0 Å². The van der Waals surface area contributed by atoms with Gasteiger partial charge in [-0.3, -0.25) is 9.59 Å². The van der Waals surface area contributed by atoms with Crippen molar-refractivity contribution in [2.45, 2.75) is 18.9 Å². The summed E-state index contributed by atoms with van der Waals surface area (Å²) in [7, 11) is 0. The third kappa shape index (κ3) is 4.31. The molecule has 5 nitrogen and oxygen atoms in total. The van der Waals surface area contributed by atoms with Gasteiger partial charge in [0.25, 0.3) is 5.91 Å². The highest BCUT2D eigenvalue weighted by atomic mass is 35.5. The number of rotatable bonds is 3. The molecule has 0 radical (unpaired) electrons. The molecule has 27 heavy (non-hydrogen) atoms. The van der Waals surface area contributed by atoms with Crippen molar-refractivity contribution < 1.29 is 9.59 Å². The fraction of sp³-hybridized carbons (Fsp3) is 0.333. The first kappa shape index (κ1) is 19.4. The predicted molar refractivity (Wildman–Crippen MR) is 107 cm³/mol. The average Bonchev–Trinajstić information content (AvgIpc) is 2.93. The van der Waals surface area contributed by atoms with Crippen LogP contribution in [0.3, 0.4) is 0 Å². The molecule has 0 aromatic heterocycles. The first-order valence-electron chi connectivity index (χ1n) is 9.08. The minimum atomic E-state index is -1.09. The molecule has 142 valence electrons. The molecule has 1 unspecified atom stereocenters. The molecular weight excluding hydrogens is 362 g/mol. The van der Waals surface area contributed by atoms with Crippen LogP contribution in [0.2, 0.25) is 5.02 Å². The predicted octanol–water partition coefficient (Wildman–Crippen LogP) is 2.89. The van der Waals surface area contributed by atoms with Crippen LogP contribution < -0.4 is 5.73 Å². The zero-order chi connectivity index (χ0) is 19.4. The number of benzene rings is 2. The minimum absolute atomic E-state index is 0.0645. The Balaban J connectivity index is 1.69. The van der Waals surface area contributed by atoms with Crippen LogP contribution in [-0.2, 0) is 10.3 Å². The van der Waals surface area contributed by atoms with Gasteiger partial charge in [0, 0.05) is 36.8 Å². The first-order chi connectivity index (χ1) is 12.9.